The second-order valence-corrected chi connectivity index (χ2v) is 7.09. The van der Waals surface area contributed by atoms with Crippen LogP contribution in [0.15, 0.2) is 48.5 Å². The van der Waals surface area contributed by atoms with Crippen molar-refractivity contribution in [2.45, 2.75) is 39.8 Å². The molecule has 28 heavy (non-hydrogen) atoms. The third-order valence-electron chi connectivity index (χ3n) is 4.37. The van der Waals surface area contributed by atoms with Crippen molar-refractivity contribution in [3.63, 3.8) is 0 Å². The number of nitrogens with one attached hydrogen (secondary N) is 1. The summed E-state index contributed by atoms with van der Waals surface area (Å²) in [5.74, 6) is 0.146. The molecule has 0 aliphatic carbocycles. The van der Waals surface area contributed by atoms with Crippen LogP contribution in [0.25, 0.3) is 0 Å². The third-order valence-corrected chi connectivity index (χ3v) is 4.74. The summed E-state index contributed by atoms with van der Waals surface area (Å²) in [6, 6.07) is 14.2. The predicted octanol–water partition coefficient (Wildman–Crippen LogP) is 3.97. The largest absolute Gasteiger partial charge is 0.484 e. The van der Waals surface area contributed by atoms with Crippen molar-refractivity contribution < 1.29 is 14.3 Å². The first-order chi connectivity index (χ1) is 13.4. The highest BCUT2D eigenvalue weighted by atomic mass is 35.5. The van der Waals surface area contributed by atoms with Gasteiger partial charge in [0.1, 0.15) is 11.8 Å². The third kappa shape index (κ3) is 6.27. The Morgan fingerprint density at radius 1 is 1.18 bits per heavy atom. The number of ether oxygens (including phenoxy) is 1. The molecule has 0 aliphatic heterocycles. The van der Waals surface area contributed by atoms with Gasteiger partial charge in [-0.25, -0.2) is 0 Å². The normalized spacial score (nSPS) is 11.6. The van der Waals surface area contributed by atoms with E-state index in [9.17, 15) is 9.59 Å². The SMILES string of the molecule is CCCNC(=O)C(C)N(Cc1ccccc1Cl)C(=O)COc1cccc(C)c1. The van der Waals surface area contributed by atoms with Gasteiger partial charge in [-0.1, -0.05) is 48.9 Å². The van der Waals surface area contributed by atoms with Crippen molar-refractivity contribution in [1.29, 1.82) is 0 Å². The van der Waals surface area contributed by atoms with E-state index in [-0.39, 0.29) is 25.0 Å². The monoisotopic (exact) mass is 402 g/mol. The van der Waals surface area contributed by atoms with Gasteiger partial charge < -0.3 is 15.0 Å². The number of amides is 2. The molecule has 5 nitrogen and oxygen atoms in total. The molecule has 1 atom stereocenters. The van der Waals surface area contributed by atoms with Gasteiger partial charge in [-0.15, -0.1) is 0 Å². The number of carbonyl (C=O) groups excluding carboxylic acids is 2. The minimum absolute atomic E-state index is 0.153. The number of hydrogen-bond acceptors (Lipinski definition) is 3. The zero-order chi connectivity index (χ0) is 20.5. The van der Waals surface area contributed by atoms with Crippen LogP contribution in [0.1, 0.15) is 31.4 Å². The Labute approximate surface area is 171 Å². The van der Waals surface area contributed by atoms with E-state index in [2.05, 4.69) is 5.32 Å². The molecule has 0 fully saturated rings. The molecule has 0 saturated carbocycles. The molecule has 0 spiro atoms. The van der Waals surface area contributed by atoms with Crippen LogP contribution in [0.2, 0.25) is 5.02 Å². The Balaban J connectivity index is 2.14. The smallest absolute Gasteiger partial charge is 0.261 e. The van der Waals surface area contributed by atoms with Gasteiger partial charge in [-0.2, -0.15) is 0 Å². The summed E-state index contributed by atoms with van der Waals surface area (Å²) < 4.78 is 5.65. The van der Waals surface area contributed by atoms with Crippen molar-refractivity contribution in [3.8, 4) is 5.75 Å². The Morgan fingerprint density at radius 3 is 2.61 bits per heavy atom. The van der Waals surface area contributed by atoms with E-state index in [0.717, 1.165) is 17.5 Å². The molecule has 1 N–H and O–H groups in total. The van der Waals surface area contributed by atoms with E-state index >= 15 is 0 Å². The molecule has 0 aliphatic rings. The highest BCUT2D eigenvalue weighted by Crippen LogP contribution is 2.19. The molecule has 6 heteroatoms. The fourth-order valence-corrected chi connectivity index (χ4v) is 2.92. The summed E-state index contributed by atoms with van der Waals surface area (Å²) in [5.41, 5.74) is 1.83. The molecule has 0 heterocycles. The quantitative estimate of drug-likeness (QED) is 0.690. The molecule has 2 aromatic carbocycles. The number of rotatable bonds is 9. The van der Waals surface area contributed by atoms with Crippen LogP contribution in [-0.2, 0) is 16.1 Å². The average molecular weight is 403 g/mol. The van der Waals surface area contributed by atoms with E-state index in [1.54, 1.807) is 19.1 Å². The van der Waals surface area contributed by atoms with Crippen LogP contribution in [0.3, 0.4) is 0 Å². The van der Waals surface area contributed by atoms with Crippen LogP contribution in [-0.4, -0.2) is 35.9 Å². The molecular weight excluding hydrogens is 376 g/mol. The van der Waals surface area contributed by atoms with Gasteiger partial charge in [-0.3, -0.25) is 9.59 Å². The lowest BCUT2D eigenvalue weighted by molar-refractivity contribution is -0.142. The van der Waals surface area contributed by atoms with Crippen molar-refractivity contribution in [3.05, 3.63) is 64.7 Å². The van der Waals surface area contributed by atoms with E-state index in [4.69, 9.17) is 16.3 Å². The summed E-state index contributed by atoms with van der Waals surface area (Å²) in [7, 11) is 0. The average Bonchev–Trinajstić information content (AvgIpc) is 2.69. The van der Waals surface area contributed by atoms with Crippen LogP contribution in [0.4, 0.5) is 0 Å². The first-order valence-electron chi connectivity index (χ1n) is 9.42. The molecular formula is C22H27ClN2O3. The Hall–Kier alpha value is -2.53. The topological polar surface area (TPSA) is 58.6 Å². The molecule has 2 amide bonds. The van der Waals surface area contributed by atoms with Gasteiger partial charge in [0.05, 0.1) is 0 Å². The molecule has 0 aromatic heterocycles. The Morgan fingerprint density at radius 2 is 1.93 bits per heavy atom. The number of halogens is 1. The van der Waals surface area contributed by atoms with Gasteiger partial charge >= 0.3 is 0 Å². The molecule has 0 saturated heterocycles. The fraction of sp³-hybridized carbons (Fsp3) is 0.364. The number of hydrogen-bond donors (Lipinski definition) is 1. The van der Waals surface area contributed by atoms with Crippen LogP contribution in [0, 0.1) is 6.92 Å². The second-order valence-electron chi connectivity index (χ2n) is 6.69. The van der Waals surface area contributed by atoms with E-state index in [0.29, 0.717) is 17.3 Å². The van der Waals surface area contributed by atoms with Gasteiger partial charge in [-0.05, 0) is 49.6 Å². The van der Waals surface area contributed by atoms with Crippen molar-refractivity contribution >= 4 is 23.4 Å². The summed E-state index contributed by atoms with van der Waals surface area (Å²) >= 11 is 6.26. The highest BCUT2D eigenvalue weighted by molar-refractivity contribution is 6.31. The number of carbonyl (C=O) groups is 2. The van der Waals surface area contributed by atoms with E-state index in [1.165, 1.54) is 4.90 Å². The van der Waals surface area contributed by atoms with Crippen molar-refractivity contribution in [1.82, 2.24) is 10.2 Å². The molecule has 150 valence electrons. The molecule has 0 radical (unpaired) electrons. The zero-order valence-electron chi connectivity index (χ0n) is 16.6. The van der Waals surface area contributed by atoms with Gasteiger partial charge in [0.15, 0.2) is 6.61 Å². The van der Waals surface area contributed by atoms with Gasteiger partial charge in [0, 0.05) is 18.1 Å². The van der Waals surface area contributed by atoms with Gasteiger partial charge in [0.25, 0.3) is 5.91 Å². The molecule has 2 aromatic rings. The standard InChI is InChI=1S/C22H27ClN2O3/c1-4-12-24-22(27)17(3)25(14-18-9-5-6-11-20(18)23)21(26)15-28-19-10-7-8-16(2)13-19/h5-11,13,17H,4,12,14-15H2,1-3H3,(H,24,27). The summed E-state index contributed by atoms with van der Waals surface area (Å²) in [6.07, 6.45) is 0.827. The molecule has 0 bridgehead atoms. The maximum Gasteiger partial charge on any atom is 0.261 e. The number of benzene rings is 2. The maximum atomic E-state index is 12.9. The summed E-state index contributed by atoms with van der Waals surface area (Å²) in [6.45, 7) is 6.30. The van der Waals surface area contributed by atoms with Gasteiger partial charge in [0.2, 0.25) is 5.91 Å². The highest BCUT2D eigenvalue weighted by Gasteiger charge is 2.26. The maximum absolute atomic E-state index is 12.9. The lowest BCUT2D eigenvalue weighted by Gasteiger charge is -2.29. The number of aryl methyl sites for hydroxylation is 1. The predicted molar refractivity (Wildman–Crippen MR) is 111 cm³/mol. The lowest BCUT2D eigenvalue weighted by Crippen LogP contribution is -2.49. The molecule has 2 rings (SSSR count). The fourth-order valence-electron chi connectivity index (χ4n) is 2.72. The van der Waals surface area contributed by atoms with Crippen molar-refractivity contribution in [2.75, 3.05) is 13.2 Å². The minimum atomic E-state index is -0.642. The Bertz CT molecular complexity index is 810. The molecule has 1 unspecified atom stereocenters. The second kappa shape index (κ2) is 10.7. The first kappa shape index (κ1) is 21.8. The zero-order valence-corrected chi connectivity index (χ0v) is 17.3. The number of nitrogens with zero attached hydrogens (tertiary/aromatic N) is 1. The van der Waals surface area contributed by atoms with Crippen molar-refractivity contribution in [2.24, 2.45) is 0 Å². The minimum Gasteiger partial charge on any atom is -0.484 e. The first-order valence-corrected chi connectivity index (χ1v) is 9.80. The lowest BCUT2D eigenvalue weighted by atomic mass is 10.1. The van der Waals surface area contributed by atoms with E-state index in [1.807, 2.05) is 50.2 Å². The summed E-state index contributed by atoms with van der Waals surface area (Å²) in [5, 5.41) is 3.40. The van der Waals surface area contributed by atoms with Crippen LogP contribution < -0.4 is 10.1 Å². The Kier molecular flexibility index (Phi) is 8.33. The van der Waals surface area contributed by atoms with Crippen LogP contribution in [0.5, 0.6) is 5.75 Å². The van der Waals surface area contributed by atoms with E-state index < -0.39 is 6.04 Å². The summed E-state index contributed by atoms with van der Waals surface area (Å²) in [4.78, 5) is 26.9. The van der Waals surface area contributed by atoms with Crippen LogP contribution >= 0.6 is 11.6 Å².